The van der Waals surface area contributed by atoms with Crippen LogP contribution in [-0.4, -0.2) is 6.54 Å². The van der Waals surface area contributed by atoms with Gasteiger partial charge in [-0.3, -0.25) is 0 Å². The molecule has 0 aromatic heterocycles. The molecule has 0 radical (unpaired) electrons. The molecule has 0 saturated heterocycles. The predicted octanol–water partition coefficient (Wildman–Crippen LogP) is 2.08. The maximum Gasteiger partial charge on any atom is -0.00486 e. The molecule has 2 N–H and O–H groups in total. The van der Waals surface area contributed by atoms with E-state index in [1.807, 2.05) is 0 Å². The maximum atomic E-state index is 5.59. The van der Waals surface area contributed by atoms with Gasteiger partial charge in [0, 0.05) is 0 Å². The lowest BCUT2D eigenvalue weighted by Gasteiger charge is -2.09. The van der Waals surface area contributed by atoms with Crippen molar-refractivity contribution in [3.8, 4) is 0 Å². The smallest absolute Gasteiger partial charge is 0.00486 e. The largest absolute Gasteiger partial charge is 0.330 e. The van der Waals surface area contributed by atoms with Gasteiger partial charge >= 0.3 is 0 Å². The van der Waals surface area contributed by atoms with Crippen LogP contribution in [-0.2, 0) is 0 Å². The zero-order valence-electron chi connectivity index (χ0n) is 6.77. The van der Waals surface area contributed by atoms with Crippen molar-refractivity contribution in [2.24, 2.45) is 11.7 Å². The summed E-state index contributed by atoms with van der Waals surface area (Å²) in [4.78, 5) is 0. The van der Waals surface area contributed by atoms with Crippen LogP contribution in [0, 0.1) is 5.92 Å². The Morgan fingerprint density at radius 2 is 2.40 bits per heavy atom. The number of allylic oxidation sites excluding steroid dienone is 2. The Morgan fingerprint density at radius 3 is 3.10 bits per heavy atom. The third-order valence-electron chi connectivity index (χ3n) is 2.35. The van der Waals surface area contributed by atoms with Crippen molar-refractivity contribution in [3.63, 3.8) is 0 Å². The molecule has 0 aromatic rings. The van der Waals surface area contributed by atoms with Gasteiger partial charge in [-0.1, -0.05) is 11.6 Å². The van der Waals surface area contributed by atoms with Crippen molar-refractivity contribution >= 4 is 0 Å². The van der Waals surface area contributed by atoms with Crippen LogP contribution in [0.2, 0.25) is 0 Å². The van der Waals surface area contributed by atoms with Gasteiger partial charge in [-0.2, -0.15) is 0 Å². The summed E-state index contributed by atoms with van der Waals surface area (Å²) in [6.45, 7) is 3.10. The first-order chi connectivity index (χ1) is 4.83. The predicted molar refractivity (Wildman–Crippen MR) is 44.8 cm³/mol. The summed E-state index contributed by atoms with van der Waals surface area (Å²) in [6, 6.07) is 0. The summed E-state index contributed by atoms with van der Waals surface area (Å²) in [6.07, 6.45) is 7.47. The van der Waals surface area contributed by atoms with Crippen LogP contribution in [0.15, 0.2) is 11.6 Å². The van der Waals surface area contributed by atoms with Crippen molar-refractivity contribution in [1.29, 1.82) is 0 Å². The van der Waals surface area contributed by atoms with Crippen LogP contribution in [0.5, 0.6) is 0 Å². The summed E-state index contributed by atoms with van der Waals surface area (Å²) in [7, 11) is 0. The molecule has 1 rings (SSSR count). The topological polar surface area (TPSA) is 26.0 Å². The fourth-order valence-corrected chi connectivity index (χ4v) is 1.48. The van der Waals surface area contributed by atoms with E-state index in [2.05, 4.69) is 13.0 Å². The van der Waals surface area contributed by atoms with Gasteiger partial charge in [-0.25, -0.2) is 0 Å². The Kier molecular flexibility index (Phi) is 2.94. The quantitative estimate of drug-likeness (QED) is 0.553. The van der Waals surface area contributed by atoms with Crippen LogP contribution >= 0.6 is 0 Å². The SMILES string of the molecule is CC1=CCCC(CN)CC1. The van der Waals surface area contributed by atoms with E-state index in [1.165, 1.54) is 25.7 Å². The third kappa shape index (κ3) is 2.14. The third-order valence-corrected chi connectivity index (χ3v) is 2.35. The van der Waals surface area contributed by atoms with Crippen molar-refractivity contribution < 1.29 is 0 Å². The highest BCUT2D eigenvalue weighted by Gasteiger charge is 2.08. The Hall–Kier alpha value is -0.300. The van der Waals surface area contributed by atoms with Crippen molar-refractivity contribution in [1.82, 2.24) is 0 Å². The van der Waals surface area contributed by atoms with E-state index in [-0.39, 0.29) is 0 Å². The van der Waals surface area contributed by atoms with Gasteiger partial charge in [0.1, 0.15) is 0 Å². The van der Waals surface area contributed by atoms with Gasteiger partial charge in [0.15, 0.2) is 0 Å². The van der Waals surface area contributed by atoms with Crippen LogP contribution in [0.25, 0.3) is 0 Å². The van der Waals surface area contributed by atoms with Crippen LogP contribution in [0.1, 0.15) is 32.6 Å². The molecule has 0 aliphatic heterocycles. The Balaban J connectivity index is 2.36. The second-order valence-corrected chi connectivity index (χ2v) is 3.27. The molecule has 0 bridgehead atoms. The minimum atomic E-state index is 0.786. The highest BCUT2D eigenvalue weighted by Crippen LogP contribution is 2.21. The Morgan fingerprint density at radius 1 is 1.60 bits per heavy atom. The molecular formula is C9H17N. The van der Waals surface area contributed by atoms with Crippen molar-refractivity contribution in [2.45, 2.75) is 32.6 Å². The molecule has 0 aromatic carbocycles. The summed E-state index contributed by atoms with van der Waals surface area (Å²) in [5, 5.41) is 0. The molecule has 1 atom stereocenters. The molecular weight excluding hydrogens is 122 g/mol. The monoisotopic (exact) mass is 139 g/mol. The van der Waals surface area contributed by atoms with Crippen LogP contribution < -0.4 is 5.73 Å². The minimum Gasteiger partial charge on any atom is -0.330 e. The minimum absolute atomic E-state index is 0.786. The molecule has 0 saturated carbocycles. The van der Waals surface area contributed by atoms with E-state index in [0.29, 0.717) is 0 Å². The van der Waals surface area contributed by atoms with Gasteiger partial charge in [-0.05, 0) is 45.1 Å². The van der Waals surface area contributed by atoms with E-state index in [0.717, 1.165) is 12.5 Å². The van der Waals surface area contributed by atoms with E-state index in [4.69, 9.17) is 5.73 Å². The Bertz CT molecular complexity index is 127. The zero-order chi connectivity index (χ0) is 7.40. The molecule has 0 spiro atoms. The first kappa shape index (κ1) is 7.80. The fourth-order valence-electron chi connectivity index (χ4n) is 1.48. The first-order valence-corrected chi connectivity index (χ1v) is 4.18. The number of hydrogen-bond acceptors (Lipinski definition) is 1. The molecule has 1 heteroatoms. The lowest BCUT2D eigenvalue weighted by molar-refractivity contribution is 0.476. The zero-order valence-corrected chi connectivity index (χ0v) is 6.77. The highest BCUT2D eigenvalue weighted by atomic mass is 14.5. The lowest BCUT2D eigenvalue weighted by Crippen LogP contribution is -2.13. The number of rotatable bonds is 1. The number of hydrogen-bond donors (Lipinski definition) is 1. The number of nitrogens with two attached hydrogens (primary N) is 1. The van der Waals surface area contributed by atoms with E-state index in [1.54, 1.807) is 5.57 Å². The van der Waals surface area contributed by atoms with Gasteiger partial charge in [-0.15, -0.1) is 0 Å². The molecule has 1 aliphatic carbocycles. The second kappa shape index (κ2) is 3.77. The summed E-state index contributed by atoms with van der Waals surface area (Å²) < 4.78 is 0. The molecule has 0 fully saturated rings. The van der Waals surface area contributed by atoms with E-state index >= 15 is 0 Å². The average Bonchev–Trinajstić information content (AvgIpc) is 2.14. The lowest BCUT2D eigenvalue weighted by atomic mass is 10.00. The maximum absolute atomic E-state index is 5.59. The van der Waals surface area contributed by atoms with Crippen molar-refractivity contribution in [2.75, 3.05) is 6.54 Å². The van der Waals surface area contributed by atoms with Crippen LogP contribution in [0.4, 0.5) is 0 Å². The normalized spacial score (nSPS) is 27.4. The standard InChI is InChI=1S/C9H17N/c1-8-3-2-4-9(7-10)6-5-8/h3,9H,2,4-7,10H2,1H3. The second-order valence-electron chi connectivity index (χ2n) is 3.27. The molecule has 58 valence electrons. The van der Waals surface area contributed by atoms with E-state index in [9.17, 15) is 0 Å². The van der Waals surface area contributed by atoms with Gasteiger partial charge in [0.05, 0.1) is 0 Å². The molecule has 10 heavy (non-hydrogen) atoms. The molecule has 1 unspecified atom stereocenters. The summed E-state index contributed by atoms with van der Waals surface area (Å²) >= 11 is 0. The van der Waals surface area contributed by atoms with Crippen molar-refractivity contribution in [3.05, 3.63) is 11.6 Å². The summed E-state index contributed by atoms with van der Waals surface area (Å²) in [5.41, 5.74) is 7.15. The molecule has 1 nitrogen and oxygen atoms in total. The summed E-state index contributed by atoms with van der Waals surface area (Å²) in [5.74, 6) is 0.786. The van der Waals surface area contributed by atoms with E-state index < -0.39 is 0 Å². The molecule has 0 amide bonds. The van der Waals surface area contributed by atoms with Gasteiger partial charge < -0.3 is 5.73 Å². The van der Waals surface area contributed by atoms with Gasteiger partial charge in [0.2, 0.25) is 0 Å². The average molecular weight is 139 g/mol. The van der Waals surface area contributed by atoms with Gasteiger partial charge in [0.25, 0.3) is 0 Å². The fraction of sp³-hybridized carbons (Fsp3) is 0.778. The first-order valence-electron chi connectivity index (χ1n) is 4.18. The highest BCUT2D eigenvalue weighted by molar-refractivity contribution is 5.00. The van der Waals surface area contributed by atoms with Crippen LogP contribution in [0.3, 0.4) is 0 Å². The molecule has 1 aliphatic rings. The Labute approximate surface area is 63.3 Å². The molecule has 0 heterocycles.